The molecule has 0 radical (unpaired) electrons. The summed E-state index contributed by atoms with van der Waals surface area (Å²) in [6.45, 7) is 4.54. The minimum Gasteiger partial charge on any atom is -0.368 e. The number of benzene rings is 1. The van der Waals surface area contributed by atoms with E-state index in [0.29, 0.717) is 24.1 Å². The third kappa shape index (κ3) is 4.25. The summed E-state index contributed by atoms with van der Waals surface area (Å²) in [5.74, 6) is -0.0161. The van der Waals surface area contributed by atoms with Gasteiger partial charge in [-0.05, 0) is 62.1 Å². The van der Waals surface area contributed by atoms with Crippen molar-refractivity contribution in [3.63, 3.8) is 0 Å². The molecular weight excluding hydrogens is 410 g/mol. The van der Waals surface area contributed by atoms with E-state index >= 15 is 0 Å². The molecular formula is C23H27N5O2S. The molecule has 31 heavy (non-hydrogen) atoms. The Morgan fingerprint density at radius 2 is 1.87 bits per heavy atom. The number of hydrogen-bond donors (Lipinski definition) is 2. The van der Waals surface area contributed by atoms with Gasteiger partial charge in [-0.2, -0.15) is 0 Å². The number of likely N-dealkylation sites (tertiary alicyclic amines) is 1. The van der Waals surface area contributed by atoms with Gasteiger partial charge in [-0.15, -0.1) is 11.3 Å². The SMILES string of the molecule is Cc1nc(N)nc(C)c1CCC(=O)N1CCC[C@@H]1Cc1c(C(N)=O)sc2ccccc12. The van der Waals surface area contributed by atoms with Crippen molar-refractivity contribution in [3.05, 3.63) is 51.7 Å². The zero-order chi connectivity index (χ0) is 22.1. The lowest BCUT2D eigenvalue weighted by atomic mass is 10.00. The molecule has 8 heteroatoms. The zero-order valence-electron chi connectivity index (χ0n) is 17.9. The van der Waals surface area contributed by atoms with Gasteiger partial charge in [0, 0.05) is 35.1 Å². The lowest BCUT2D eigenvalue weighted by Crippen LogP contribution is -2.37. The number of thiophene rings is 1. The van der Waals surface area contributed by atoms with Crippen LogP contribution < -0.4 is 11.5 Å². The molecule has 1 fully saturated rings. The van der Waals surface area contributed by atoms with Crippen LogP contribution in [0.2, 0.25) is 0 Å². The van der Waals surface area contributed by atoms with E-state index in [2.05, 4.69) is 9.97 Å². The zero-order valence-corrected chi connectivity index (χ0v) is 18.7. The maximum absolute atomic E-state index is 13.1. The minimum absolute atomic E-state index is 0.0773. The maximum Gasteiger partial charge on any atom is 0.259 e. The monoisotopic (exact) mass is 437 g/mol. The highest BCUT2D eigenvalue weighted by Gasteiger charge is 2.31. The van der Waals surface area contributed by atoms with Gasteiger partial charge < -0.3 is 16.4 Å². The first kappa shape index (κ1) is 21.2. The van der Waals surface area contributed by atoms with E-state index in [1.165, 1.54) is 11.3 Å². The smallest absolute Gasteiger partial charge is 0.259 e. The first-order valence-electron chi connectivity index (χ1n) is 10.5. The number of rotatable bonds is 6. The fraction of sp³-hybridized carbons (Fsp3) is 0.391. The maximum atomic E-state index is 13.1. The highest BCUT2D eigenvalue weighted by atomic mass is 32.1. The van der Waals surface area contributed by atoms with E-state index in [9.17, 15) is 9.59 Å². The molecule has 0 unspecified atom stereocenters. The number of aromatic nitrogens is 2. The first-order valence-corrected chi connectivity index (χ1v) is 11.4. The van der Waals surface area contributed by atoms with Crippen LogP contribution in [0.15, 0.2) is 24.3 Å². The van der Waals surface area contributed by atoms with E-state index < -0.39 is 5.91 Å². The Labute approximate surface area is 185 Å². The number of hydrogen-bond acceptors (Lipinski definition) is 6. The minimum atomic E-state index is -0.402. The van der Waals surface area contributed by atoms with Crippen LogP contribution in [0.1, 0.15) is 51.4 Å². The van der Waals surface area contributed by atoms with Gasteiger partial charge in [-0.25, -0.2) is 9.97 Å². The predicted molar refractivity (Wildman–Crippen MR) is 123 cm³/mol. The number of nitrogens with zero attached hydrogens (tertiary/aromatic N) is 3. The van der Waals surface area contributed by atoms with Crippen molar-refractivity contribution in [2.24, 2.45) is 5.73 Å². The van der Waals surface area contributed by atoms with Crippen LogP contribution in [0.25, 0.3) is 10.1 Å². The number of carbonyl (C=O) groups excluding carboxylic acids is 2. The lowest BCUT2D eigenvalue weighted by Gasteiger charge is -2.25. The van der Waals surface area contributed by atoms with Crippen LogP contribution in [-0.4, -0.2) is 39.3 Å². The molecule has 4 rings (SSSR count). The molecule has 0 aliphatic carbocycles. The van der Waals surface area contributed by atoms with Crippen molar-refractivity contribution < 1.29 is 9.59 Å². The molecule has 4 N–H and O–H groups in total. The summed E-state index contributed by atoms with van der Waals surface area (Å²) in [6.07, 6.45) is 3.54. The second-order valence-electron chi connectivity index (χ2n) is 8.09. The second-order valence-corrected chi connectivity index (χ2v) is 9.14. The Kier molecular flexibility index (Phi) is 5.91. The molecule has 1 saturated heterocycles. The fourth-order valence-corrected chi connectivity index (χ4v) is 5.70. The van der Waals surface area contributed by atoms with Crippen molar-refractivity contribution in [1.29, 1.82) is 0 Å². The number of nitrogens with two attached hydrogens (primary N) is 2. The van der Waals surface area contributed by atoms with Crippen LogP contribution in [0, 0.1) is 13.8 Å². The van der Waals surface area contributed by atoms with Gasteiger partial charge in [-0.1, -0.05) is 18.2 Å². The number of primary amides is 1. The van der Waals surface area contributed by atoms with E-state index in [-0.39, 0.29) is 17.9 Å². The Hall–Kier alpha value is -3.00. The number of aryl methyl sites for hydroxylation is 2. The summed E-state index contributed by atoms with van der Waals surface area (Å²) in [6, 6.07) is 8.05. The summed E-state index contributed by atoms with van der Waals surface area (Å²) >= 11 is 1.43. The Balaban J connectivity index is 1.51. The second kappa shape index (κ2) is 8.63. The third-order valence-corrected chi connectivity index (χ3v) is 7.31. The number of fused-ring (bicyclic) bond motifs is 1. The van der Waals surface area contributed by atoms with Gasteiger partial charge in [0.05, 0.1) is 4.88 Å². The third-order valence-electron chi connectivity index (χ3n) is 6.09. The van der Waals surface area contributed by atoms with Gasteiger partial charge in [0.2, 0.25) is 11.9 Å². The summed E-state index contributed by atoms with van der Waals surface area (Å²) in [5, 5.41) is 1.06. The first-order chi connectivity index (χ1) is 14.8. The summed E-state index contributed by atoms with van der Waals surface area (Å²) in [7, 11) is 0. The van der Waals surface area contributed by atoms with Gasteiger partial charge in [-0.3, -0.25) is 9.59 Å². The van der Waals surface area contributed by atoms with Crippen molar-refractivity contribution in [2.45, 2.75) is 52.0 Å². The average Bonchev–Trinajstić information content (AvgIpc) is 3.32. The van der Waals surface area contributed by atoms with Crippen molar-refractivity contribution in [1.82, 2.24) is 14.9 Å². The molecule has 1 atom stereocenters. The van der Waals surface area contributed by atoms with Gasteiger partial charge in [0.25, 0.3) is 5.91 Å². The van der Waals surface area contributed by atoms with E-state index in [1.807, 2.05) is 43.0 Å². The van der Waals surface area contributed by atoms with Crippen LogP contribution in [0.3, 0.4) is 0 Å². The largest absolute Gasteiger partial charge is 0.368 e. The molecule has 1 aliphatic heterocycles. The van der Waals surface area contributed by atoms with E-state index in [0.717, 1.165) is 52.0 Å². The Morgan fingerprint density at radius 1 is 1.16 bits per heavy atom. The number of amides is 2. The van der Waals surface area contributed by atoms with Crippen molar-refractivity contribution in [2.75, 3.05) is 12.3 Å². The van der Waals surface area contributed by atoms with Gasteiger partial charge in [0.15, 0.2) is 0 Å². The van der Waals surface area contributed by atoms with Crippen LogP contribution in [0.5, 0.6) is 0 Å². The number of nitrogen functional groups attached to an aromatic ring is 1. The summed E-state index contributed by atoms with van der Waals surface area (Å²) in [4.78, 5) is 36.2. The molecule has 0 spiro atoms. The highest BCUT2D eigenvalue weighted by molar-refractivity contribution is 7.21. The highest BCUT2D eigenvalue weighted by Crippen LogP contribution is 2.34. The van der Waals surface area contributed by atoms with Crippen molar-refractivity contribution in [3.8, 4) is 0 Å². The van der Waals surface area contributed by atoms with Crippen LogP contribution in [0.4, 0.5) is 5.95 Å². The normalized spacial score (nSPS) is 16.2. The molecule has 3 heterocycles. The Morgan fingerprint density at radius 3 is 2.58 bits per heavy atom. The topological polar surface area (TPSA) is 115 Å². The van der Waals surface area contributed by atoms with Gasteiger partial charge >= 0.3 is 0 Å². The fourth-order valence-electron chi connectivity index (χ4n) is 4.62. The van der Waals surface area contributed by atoms with Crippen molar-refractivity contribution >= 4 is 39.2 Å². The molecule has 162 valence electrons. The van der Waals surface area contributed by atoms with Crippen LogP contribution in [-0.2, 0) is 17.6 Å². The quantitative estimate of drug-likeness (QED) is 0.615. The molecule has 2 amide bonds. The molecule has 3 aromatic rings. The average molecular weight is 438 g/mol. The number of anilines is 1. The molecule has 1 aliphatic rings. The Bertz CT molecular complexity index is 1130. The molecule has 7 nitrogen and oxygen atoms in total. The van der Waals surface area contributed by atoms with E-state index in [4.69, 9.17) is 11.5 Å². The van der Waals surface area contributed by atoms with Gasteiger partial charge in [0.1, 0.15) is 0 Å². The van der Waals surface area contributed by atoms with E-state index in [1.54, 1.807) is 0 Å². The molecule has 0 saturated carbocycles. The standard InChI is InChI=1S/C23H27N5O2S/c1-13-16(14(2)27-23(25)26-13)9-10-20(29)28-11-5-6-15(28)12-18-17-7-3-4-8-19(17)31-21(18)22(24)30/h3-4,7-8,15H,5-6,9-12H2,1-2H3,(H2,24,30)(H2,25,26,27)/t15-/m1/s1. The molecule has 0 bridgehead atoms. The molecule has 1 aromatic carbocycles. The lowest BCUT2D eigenvalue weighted by molar-refractivity contribution is -0.131. The van der Waals surface area contributed by atoms with Crippen LogP contribution >= 0.6 is 11.3 Å². The summed E-state index contributed by atoms with van der Waals surface area (Å²) < 4.78 is 1.05. The molecule has 2 aromatic heterocycles. The summed E-state index contributed by atoms with van der Waals surface area (Å²) in [5.41, 5.74) is 15.0. The predicted octanol–water partition coefficient (Wildman–Crippen LogP) is 3.16. The number of carbonyl (C=O) groups is 2.